The summed E-state index contributed by atoms with van der Waals surface area (Å²) < 4.78 is 0. The Hall–Kier alpha value is -1.36. The van der Waals surface area contributed by atoms with Crippen molar-refractivity contribution in [2.45, 2.75) is 13.3 Å². The second-order valence-electron chi connectivity index (χ2n) is 3.83. The highest BCUT2D eigenvalue weighted by molar-refractivity contribution is 7.98. The number of nitrogens with two attached hydrogens (primary N) is 1. The fourth-order valence-corrected chi connectivity index (χ4v) is 1.96. The van der Waals surface area contributed by atoms with E-state index in [1.807, 2.05) is 13.0 Å². The molecule has 1 rings (SSSR count). The fraction of sp³-hybridized carbons (Fsp3) is 0.417. The molecule has 4 N–H and O–H groups in total. The summed E-state index contributed by atoms with van der Waals surface area (Å²) in [5.41, 5.74) is 7.83. The molecule has 0 unspecified atom stereocenters. The lowest BCUT2D eigenvalue weighted by atomic mass is 10.1. The lowest BCUT2D eigenvalue weighted by Crippen LogP contribution is -2.08. The quantitative estimate of drug-likeness (QED) is 0.537. The molecule has 94 valence electrons. The molecule has 0 aliphatic carbocycles. The number of thioether (sulfide) groups is 1. The van der Waals surface area contributed by atoms with Gasteiger partial charge in [0.1, 0.15) is 0 Å². The van der Waals surface area contributed by atoms with E-state index in [9.17, 15) is 4.79 Å². The van der Waals surface area contributed by atoms with Crippen LogP contribution in [0.5, 0.6) is 0 Å². The molecule has 17 heavy (non-hydrogen) atoms. The Balaban J connectivity index is 2.77. The smallest absolute Gasteiger partial charge is 0.337 e. The molecule has 0 saturated carbocycles. The van der Waals surface area contributed by atoms with E-state index in [1.165, 1.54) is 0 Å². The first-order chi connectivity index (χ1) is 8.06. The van der Waals surface area contributed by atoms with Crippen LogP contribution in [-0.4, -0.2) is 29.6 Å². The van der Waals surface area contributed by atoms with E-state index in [4.69, 9.17) is 10.8 Å². The van der Waals surface area contributed by atoms with Crippen LogP contribution in [0.2, 0.25) is 0 Å². The highest BCUT2D eigenvalue weighted by Crippen LogP contribution is 2.22. The summed E-state index contributed by atoms with van der Waals surface area (Å²) in [7, 11) is 0. The third kappa shape index (κ3) is 3.85. The third-order valence-corrected chi connectivity index (χ3v) is 3.17. The van der Waals surface area contributed by atoms with Crippen molar-refractivity contribution in [3.8, 4) is 0 Å². The number of nitrogen functional groups attached to an aromatic ring is 1. The molecule has 0 amide bonds. The van der Waals surface area contributed by atoms with Crippen molar-refractivity contribution in [1.29, 1.82) is 0 Å². The molecule has 5 heteroatoms. The van der Waals surface area contributed by atoms with Crippen LogP contribution in [0.15, 0.2) is 12.1 Å². The molecule has 0 radical (unpaired) electrons. The lowest BCUT2D eigenvalue weighted by Gasteiger charge is -2.11. The molecule has 0 bridgehead atoms. The Morgan fingerprint density at radius 1 is 1.53 bits per heavy atom. The largest absolute Gasteiger partial charge is 0.478 e. The Morgan fingerprint density at radius 2 is 2.24 bits per heavy atom. The predicted octanol–water partition coefficient (Wildman–Crippen LogP) is 2.44. The molecule has 0 aromatic heterocycles. The van der Waals surface area contributed by atoms with E-state index in [-0.39, 0.29) is 5.56 Å². The standard InChI is InChI=1S/C12H18N2O2S/c1-8-6-9(14-4-3-5-17-2)7-10(11(8)13)12(15)16/h6-7,14H,3-5,13H2,1-2H3,(H,15,16). The number of anilines is 2. The summed E-state index contributed by atoms with van der Waals surface area (Å²) in [5.74, 6) is 0.102. The molecule has 0 spiro atoms. The second kappa shape index (κ2) is 6.39. The highest BCUT2D eigenvalue weighted by atomic mass is 32.2. The number of carbonyl (C=O) groups is 1. The molecule has 0 atom stereocenters. The van der Waals surface area contributed by atoms with Crippen LogP contribution < -0.4 is 11.1 Å². The van der Waals surface area contributed by atoms with Crippen LogP contribution in [0.3, 0.4) is 0 Å². The molecule has 4 nitrogen and oxygen atoms in total. The summed E-state index contributed by atoms with van der Waals surface area (Å²) in [6.45, 7) is 2.65. The Morgan fingerprint density at radius 3 is 2.82 bits per heavy atom. The number of benzene rings is 1. The van der Waals surface area contributed by atoms with Gasteiger partial charge in [0.15, 0.2) is 0 Å². The molecule has 1 aromatic carbocycles. The van der Waals surface area contributed by atoms with Gasteiger partial charge in [0.2, 0.25) is 0 Å². The van der Waals surface area contributed by atoms with Crippen LogP contribution >= 0.6 is 11.8 Å². The summed E-state index contributed by atoms with van der Waals surface area (Å²) in [6.07, 6.45) is 3.11. The summed E-state index contributed by atoms with van der Waals surface area (Å²) in [6, 6.07) is 3.46. The maximum Gasteiger partial charge on any atom is 0.337 e. The van der Waals surface area contributed by atoms with Crippen molar-refractivity contribution in [2.24, 2.45) is 0 Å². The highest BCUT2D eigenvalue weighted by Gasteiger charge is 2.11. The maximum atomic E-state index is 11.0. The SMILES string of the molecule is CSCCCNc1cc(C)c(N)c(C(=O)O)c1. The normalized spacial score (nSPS) is 10.2. The average Bonchev–Trinajstić information content (AvgIpc) is 2.28. The van der Waals surface area contributed by atoms with E-state index < -0.39 is 5.97 Å². The summed E-state index contributed by atoms with van der Waals surface area (Å²) in [4.78, 5) is 11.0. The Bertz CT molecular complexity index is 408. The number of carboxylic acid groups (broad SMARTS) is 1. The number of nitrogens with one attached hydrogen (secondary N) is 1. The van der Waals surface area contributed by atoms with Gasteiger partial charge in [0, 0.05) is 17.9 Å². The first-order valence-electron chi connectivity index (χ1n) is 5.42. The molecule has 0 aliphatic heterocycles. The van der Waals surface area contributed by atoms with Crippen molar-refractivity contribution >= 4 is 29.1 Å². The van der Waals surface area contributed by atoms with Gasteiger partial charge in [-0.1, -0.05) is 0 Å². The van der Waals surface area contributed by atoms with Gasteiger partial charge in [0.25, 0.3) is 0 Å². The minimum atomic E-state index is -0.988. The van der Waals surface area contributed by atoms with Crippen LogP contribution in [0.4, 0.5) is 11.4 Å². The van der Waals surface area contributed by atoms with Crippen LogP contribution in [-0.2, 0) is 0 Å². The second-order valence-corrected chi connectivity index (χ2v) is 4.82. The lowest BCUT2D eigenvalue weighted by molar-refractivity contribution is 0.0698. The zero-order valence-electron chi connectivity index (χ0n) is 10.1. The van der Waals surface area contributed by atoms with Crippen molar-refractivity contribution in [2.75, 3.05) is 29.6 Å². The van der Waals surface area contributed by atoms with Gasteiger partial charge in [-0.25, -0.2) is 4.79 Å². The number of rotatable bonds is 6. The molecule has 0 fully saturated rings. The number of carboxylic acids is 1. The van der Waals surface area contributed by atoms with Gasteiger partial charge < -0.3 is 16.2 Å². The first-order valence-corrected chi connectivity index (χ1v) is 6.82. The van der Waals surface area contributed by atoms with E-state index in [0.29, 0.717) is 5.69 Å². The zero-order chi connectivity index (χ0) is 12.8. The number of aromatic carboxylic acids is 1. The molecule has 1 aromatic rings. The number of aryl methyl sites for hydroxylation is 1. The molecular formula is C12H18N2O2S. The van der Waals surface area contributed by atoms with Crippen molar-refractivity contribution < 1.29 is 9.90 Å². The van der Waals surface area contributed by atoms with Gasteiger partial charge in [-0.2, -0.15) is 11.8 Å². The molecule has 0 heterocycles. The van der Waals surface area contributed by atoms with Crippen molar-refractivity contribution in [3.05, 3.63) is 23.3 Å². The molecule has 0 aliphatic rings. The van der Waals surface area contributed by atoms with E-state index in [2.05, 4.69) is 11.6 Å². The Kier molecular flexibility index (Phi) is 5.15. The van der Waals surface area contributed by atoms with Gasteiger partial charge >= 0.3 is 5.97 Å². The maximum absolute atomic E-state index is 11.0. The average molecular weight is 254 g/mol. The third-order valence-electron chi connectivity index (χ3n) is 2.47. The minimum absolute atomic E-state index is 0.164. The molecular weight excluding hydrogens is 236 g/mol. The van der Waals surface area contributed by atoms with E-state index in [1.54, 1.807) is 17.8 Å². The number of hydrogen-bond donors (Lipinski definition) is 3. The fourth-order valence-electron chi connectivity index (χ4n) is 1.53. The number of hydrogen-bond acceptors (Lipinski definition) is 4. The van der Waals surface area contributed by atoms with Gasteiger partial charge in [-0.05, 0) is 43.0 Å². The topological polar surface area (TPSA) is 75.3 Å². The Labute approximate surface area is 106 Å². The van der Waals surface area contributed by atoms with Gasteiger partial charge in [-0.3, -0.25) is 0 Å². The predicted molar refractivity (Wildman–Crippen MR) is 74.0 cm³/mol. The van der Waals surface area contributed by atoms with Crippen LogP contribution in [0.25, 0.3) is 0 Å². The van der Waals surface area contributed by atoms with Gasteiger partial charge in [0.05, 0.1) is 5.56 Å². The molecule has 0 saturated heterocycles. The first kappa shape index (κ1) is 13.7. The van der Waals surface area contributed by atoms with Crippen LogP contribution in [0.1, 0.15) is 22.3 Å². The van der Waals surface area contributed by atoms with E-state index in [0.717, 1.165) is 30.0 Å². The minimum Gasteiger partial charge on any atom is -0.478 e. The monoisotopic (exact) mass is 254 g/mol. The van der Waals surface area contributed by atoms with Crippen molar-refractivity contribution in [3.63, 3.8) is 0 Å². The summed E-state index contributed by atoms with van der Waals surface area (Å²) in [5, 5.41) is 12.2. The van der Waals surface area contributed by atoms with Crippen LogP contribution in [0, 0.1) is 6.92 Å². The van der Waals surface area contributed by atoms with Gasteiger partial charge in [-0.15, -0.1) is 0 Å². The zero-order valence-corrected chi connectivity index (χ0v) is 10.9. The van der Waals surface area contributed by atoms with Crippen molar-refractivity contribution in [1.82, 2.24) is 0 Å². The summed E-state index contributed by atoms with van der Waals surface area (Å²) >= 11 is 1.80. The van der Waals surface area contributed by atoms with E-state index >= 15 is 0 Å².